The summed E-state index contributed by atoms with van der Waals surface area (Å²) in [6.07, 6.45) is 3.66. The van der Waals surface area contributed by atoms with E-state index < -0.39 is 5.97 Å². The van der Waals surface area contributed by atoms with Crippen molar-refractivity contribution in [2.24, 2.45) is 11.8 Å². The first-order chi connectivity index (χ1) is 9.00. The Hall–Kier alpha value is -1.91. The maximum Gasteiger partial charge on any atom is 0.338 e. The average Bonchev–Trinajstić information content (AvgIpc) is 2.87. The molecule has 5 heteroatoms. The third-order valence-electron chi connectivity index (χ3n) is 3.74. The summed E-state index contributed by atoms with van der Waals surface area (Å²) < 4.78 is 0. The number of carboxylic acid groups (broad SMARTS) is 1. The molecule has 0 spiro atoms. The zero-order valence-corrected chi connectivity index (χ0v) is 11.2. The van der Waals surface area contributed by atoms with Crippen LogP contribution in [0.5, 0.6) is 0 Å². The molecule has 102 valence electrons. The molecule has 0 radical (unpaired) electrons. The maximum atomic E-state index is 12.4. The largest absolute Gasteiger partial charge is 0.478 e. The van der Waals surface area contributed by atoms with Crippen LogP contribution in [0.1, 0.15) is 41.0 Å². The molecule has 0 aromatic carbocycles. The fraction of sp³-hybridized carbons (Fsp3) is 0.500. The topological polar surface area (TPSA) is 70.5 Å². The fourth-order valence-corrected chi connectivity index (χ4v) is 2.44. The number of likely N-dealkylation sites (tertiary alicyclic amines) is 1. The molecule has 2 rings (SSSR count). The number of carbonyl (C=O) groups excluding carboxylic acids is 1. The third-order valence-corrected chi connectivity index (χ3v) is 3.74. The zero-order chi connectivity index (χ0) is 14.0. The lowest BCUT2D eigenvalue weighted by Gasteiger charge is -2.18. The Morgan fingerprint density at radius 2 is 2.16 bits per heavy atom. The Morgan fingerprint density at radius 3 is 2.74 bits per heavy atom. The Morgan fingerprint density at radius 1 is 1.42 bits per heavy atom. The highest BCUT2D eigenvalue weighted by molar-refractivity contribution is 6.04. The van der Waals surface area contributed by atoms with Crippen LogP contribution >= 0.6 is 0 Å². The van der Waals surface area contributed by atoms with Gasteiger partial charge in [0, 0.05) is 25.5 Å². The fourth-order valence-electron chi connectivity index (χ4n) is 2.44. The van der Waals surface area contributed by atoms with Crippen LogP contribution in [0, 0.1) is 11.8 Å². The number of pyridine rings is 1. The summed E-state index contributed by atoms with van der Waals surface area (Å²) in [6, 6.07) is 1.48. The van der Waals surface area contributed by atoms with E-state index in [0.29, 0.717) is 24.9 Å². The molecule has 0 bridgehead atoms. The molecule has 1 aliphatic heterocycles. The van der Waals surface area contributed by atoms with Crippen LogP contribution in [-0.2, 0) is 0 Å². The minimum Gasteiger partial charge on any atom is -0.478 e. The number of hydrogen-bond acceptors (Lipinski definition) is 3. The van der Waals surface area contributed by atoms with E-state index in [0.717, 1.165) is 6.42 Å². The van der Waals surface area contributed by atoms with Crippen LogP contribution in [0.4, 0.5) is 0 Å². The van der Waals surface area contributed by atoms with E-state index in [-0.39, 0.29) is 17.0 Å². The van der Waals surface area contributed by atoms with Crippen LogP contribution in [0.25, 0.3) is 0 Å². The van der Waals surface area contributed by atoms with Gasteiger partial charge in [-0.05, 0) is 24.3 Å². The number of aromatic nitrogens is 1. The molecule has 2 heterocycles. The van der Waals surface area contributed by atoms with Gasteiger partial charge in [0.05, 0.1) is 11.1 Å². The van der Waals surface area contributed by atoms with Crippen molar-refractivity contribution >= 4 is 11.9 Å². The number of amides is 1. The molecule has 5 nitrogen and oxygen atoms in total. The summed E-state index contributed by atoms with van der Waals surface area (Å²) in [5.41, 5.74) is 0.201. The molecule has 1 aromatic rings. The van der Waals surface area contributed by atoms with Crippen molar-refractivity contribution in [3.05, 3.63) is 29.6 Å². The van der Waals surface area contributed by atoms with E-state index in [9.17, 15) is 9.59 Å². The molecular formula is C14H18N2O3. The molecule has 19 heavy (non-hydrogen) atoms. The number of hydrogen-bond donors (Lipinski definition) is 1. The Kier molecular flexibility index (Phi) is 3.83. The molecule has 0 saturated carbocycles. The summed E-state index contributed by atoms with van der Waals surface area (Å²) in [5.74, 6) is -0.285. The molecule has 1 saturated heterocycles. The first kappa shape index (κ1) is 13.5. The third kappa shape index (κ3) is 2.75. The van der Waals surface area contributed by atoms with E-state index >= 15 is 0 Å². The van der Waals surface area contributed by atoms with E-state index in [1.54, 1.807) is 4.90 Å². The molecule has 1 amide bonds. The molecule has 1 aliphatic rings. The predicted octanol–water partition coefficient (Wildman–Crippen LogP) is 1.90. The number of nitrogens with zero attached hydrogens (tertiary/aromatic N) is 2. The van der Waals surface area contributed by atoms with Crippen LogP contribution in [0.15, 0.2) is 18.5 Å². The highest BCUT2D eigenvalue weighted by atomic mass is 16.4. The Bertz CT molecular complexity index is 499. The lowest BCUT2D eigenvalue weighted by atomic mass is 9.95. The lowest BCUT2D eigenvalue weighted by Crippen LogP contribution is -2.30. The number of carbonyl (C=O) groups is 2. The summed E-state index contributed by atoms with van der Waals surface area (Å²) in [7, 11) is 0. The lowest BCUT2D eigenvalue weighted by molar-refractivity contribution is 0.0679. The number of aromatic carboxylic acids is 1. The van der Waals surface area contributed by atoms with E-state index in [1.807, 2.05) is 0 Å². The van der Waals surface area contributed by atoms with Gasteiger partial charge in [-0.2, -0.15) is 0 Å². The second-order valence-corrected chi connectivity index (χ2v) is 5.27. The van der Waals surface area contributed by atoms with Crippen molar-refractivity contribution in [3.63, 3.8) is 0 Å². The Labute approximate surface area is 112 Å². The van der Waals surface area contributed by atoms with Gasteiger partial charge in [-0.25, -0.2) is 4.79 Å². The molecule has 1 atom stereocenters. The monoisotopic (exact) mass is 262 g/mol. The Balaban J connectivity index is 2.19. The molecule has 0 aliphatic carbocycles. The van der Waals surface area contributed by atoms with Gasteiger partial charge in [-0.15, -0.1) is 0 Å². The van der Waals surface area contributed by atoms with Gasteiger partial charge in [-0.1, -0.05) is 13.8 Å². The van der Waals surface area contributed by atoms with Gasteiger partial charge in [-0.3, -0.25) is 9.78 Å². The summed E-state index contributed by atoms with van der Waals surface area (Å²) in [5, 5.41) is 9.09. The zero-order valence-electron chi connectivity index (χ0n) is 11.2. The molecule has 1 aromatic heterocycles. The van der Waals surface area contributed by atoms with Crippen molar-refractivity contribution in [3.8, 4) is 0 Å². The van der Waals surface area contributed by atoms with Crippen molar-refractivity contribution in [1.82, 2.24) is 9.88 Å². The second kappa shape index (κ2) is 5.38. The highest BCUT2D eigenvalue weighted by Gasteiger charge is 2.30. The van der Waals surface area contributed by atoms with Gasteiger partial charge in [0.1, 0.15) is 0 Å². The molecule has 1 N–H and O–H groups in total. The second-order valence-electron chi connectivity index (χ2n) is 5.27. The summed E-state index contributed by atoms with van der Waals surface area (Å²) in [4.78, 5) is 29.0. The molecular weight excluding hydrogens is 244 g/mol. The molecule has 1 unspecified atom stereocenters. The molecule has 1 fully saturated rings. The van der Waals surface area contributed by atoms with Gasteiger partial charge >= 0.3 is 5.97 Å². The van der Waals surface area contributed by atoms with Crippen molar-refractivity contribution < 1.29 is 14.7 Å². The van der Waals surface area contributed by atoms with E-state index in [1.165, 1.54) is 18.5 Å². The summed E-state index contributed by atoms with van der Waals surface area (Å²) in [6.45, 7) is 5.70. The summed E-state index contributed by atoms with van der Waals surface area (Å²) >= 11 is 0. The van der Waals surface area contributed by atoms with Crippen molar-refractivity contribution in [2.45, 2.75) is 20.3 Å². The normalized spacial score (nSPS) is 18.9. The first-order valence-electron chi connectivity index (χ1n) is 6.47. The van der Waals surface area contributed by atoms with Gasteiger partial charge in [0.15, 0.2) is 0 Å². The smallest absolute Gasteiger partial charge is 0.338 e. The van der Waals surface area contributed by atoms with E-state index in [4.69, 9.17) is 5.11 Å². The maximum absolute atomic E-state index is 12.4. The van der Waals surface area contributed by atoms with Gasteiger partial charge in [0.25, 0.3) is 5.91 Å². The minimum atomic E-state index is -1.11. The van der Waals surface area contributed by atoms with Gasteiger partial charge < -0.3 is 10.0 Å². The van der Waals surface area contributed by atoms with Crippen molar-refractivity contribution in [1.29, 1.82) is 0 Å². The SMILES string of the molecule is CC(C)C1CCN(C(=O)c2ccncc2C(=O)O)C1. The predicted molar refractivity (Wildman–Crippen MR) is 70.0 cm³/mol. The first-order valence-corrected chi connectivity index (χ1v) is 6.47. The number of carboxylic acids is 1. The minimum absolute atomic E-state index is 0.0273. The van der Waals surface area contributed by atoms with Crippen LogP contribution in [0.3, 0.4) is 0 Å². The average molecular weight is 262 g/mol. The quantitative estimate of drug-likeness (QED) is 0.903. The van der Waals surface area contributed by atoms with Gasteiger partial charge in [0.2, 0.25) is 0 Å². The highest BCUT2D eigenvalue weighted by Crippen LogP contribution is 2.25. The van der Waals surface area contributed by atoms with E-state index in [2.05, 4.69) is 18.8 Å². The standard InChI is InChI=1S/C14H18N2O3/c1-9(2)10-4-6-16(8-10)13(17)11-3-5-15-7-12(11)14(18)19/h3,5,7,9-10H,4,6,8H2,1-2H3,(H,18,19). The van der Waals surface area contributed by atoms with Crippen LogP contribution in [-0.4, -0.2) is 40.0 Å². The van der Waals surface area contributed by atoms with Crippen molar-refractivity contribution in [2.75, 3.05) is 13.1 Å². The number of rotatable bonds is 3. The van der Waals surface area contributed by atoms with Crippen LogP contribution < -0.4 is 0 Å². The van der Waals surface area contributed by atoms with Crippen LogP contribution in [0.2, 0.25) is 0 Å².